The summed E-state index contributed by atoms with van der Waals surface area (Å²) in [7, 11) is 0. The molecule has 0 fully saturated rings. The van der Waals surface area contributed by atoms with Gasteiger partial charge in [-0.15, -0.1) is 0 Å². The van der Waals surface area contributed by atoms with E-state index < -0.39 is 23.4 Å². The van der Waals surface area contributed by atoms with Gasteiger partial charge in [0.1, 0.15) is 17.3 Å². The number of benzene rings is 3. The highest BCUT2D eigenvalue weighted by Gasteiger charge is 2.39. The third-order valence-corrected chi connectivity index (χ3v) is 5.40. The lowest BCUT2D eigenvalue weighted by molar-refractivity contribution is -0.137. The molecule has 0 saturated carbocycles. The van der Waals surface area contributed by atoms with Gasteiger partial charge in [-0.05, 0) is 60.0 Å². The monoisotopic (exact) mass is 438 g/mol. The van der Waals surface area contributed by atoms with Crippen molar-refractivity contribution in [3.05, 3.63) is 106 Å². The van der Waals surface area contributed by atoms with Crippen LogP contribution < -0.4 is 5.32 Å². The first-order valence-electron chi connectivity index (χ1n) is 9.47. The topological polar surface area (TPSA) is 49.4 Å². The molecule has 1 aliphatic rings. The Labute approximate surface area is 182 Å². The zero-order valence-corrected chi connectivity index (χ0v) is 17.2. The Kier molecular flexibility index (Phi) is 5.57. The van der Waals surface area contributed by atoms with Gasteiger partial charge in [-0.3, -0.25) is 14.5 Å². The second-order valence-electron chi connectivity index (χ2n) is 7.17. The first kappa shape index (κ1) is 20.8. The molecule has 31 heavy (non-hydrogen) atoms. The van der Waals surface area contributed by atoms with Crippen molar-refractivity contribution in [2.45, 2.75) is 13.5 Å². The van der Waals surface area contributed by atoms with E-state index in [0.29, 0.717) is 21.8 Å². The zero-order chi connectivity index (χ0) is 22.1. The fourth-order valence-electron chi connectivity index (χ4n) is 3.31. The summed E-state index contributed by atoms with van der Waals surface area (Å²) < 4.78 is 26.7. The van der Waals surface area contributed by atoms with E-state index in [0.717, 1.165) is 10.5 Å². The van der Waals surface area contributed by atoms with E-state index in [1.165, 1.54) is 48.5 Å². The van der Waals surface area contributed by atoms with Crippen molar-refractivity contribution < 1.29 is 18.4 Å². The fourth-order valence-corrected chi connectivity index (χ4v) is 3.49. The first-order chi connectivity index (χ1) is 14.8. The maximum Gasteiger partial charge on any atom is 0.278 e. The molecule has 7 heteroatoms. The summed E-state index contributed by atoms with van der Waals surface area (Å²) in [4.78, 5) is 27.5. The van der Waals surface area contributed by atoms with Crippen molar-refractivity contribution in [3.8, 4) is 0 Å². The van der Waals surface area contributed by atoms with Gasteiger partial charge < -0.3 is 5.32 Å². The Hall–Kier alpha value is -3.51. The number of imide groups is 1. The van der Waals surface area contributed by atoms with Crippen LogP contribution in [0.15, 0.2) is 72.4 Å². The van der Waals surface area contributed by atoms with E-state index in [1.54, 1.807) is 18.2 Å². The molecule has 1 N–H and O–H groups in total. The molecule has 4 rings (SSSR count). The average Bonchev–Trinajstić information content (AvgIpc) is 2.97. The molecule has 1 heterocycles. The van der Waals surface area contributed by atoms with Crippen molar-refractivity contribution in [2.75, 3.05) is 5.32 Å². The number of hydrogen-bond donors (Lipinski definition) is 1. The highest BCUT2D eigenvalue weighted by Crippen LogP contribution is 2.32. The number of rotatable bonds is 5. The van der Waals surface area contributed by atoms with Gasteiger partial charge in [0.15, 0.2) is 0 Å². The molecular weight excluding hydrogens is 422 g/mol. The second kappa shape index (κ2) is 8.32. The van der Waals surface area contributed by atoms with E-state index in [1.807, 2.05) is 6.92 Å². The van der Waals surface area contributed by atoms with Gasteiger partial charge in [0.25, 0.3) is 11.8 Å². The van der Waals surface area contributed by atoms with Gasteiger partial charge in [-0.1, -0.05) is 41.9 Å². The lowest BCUT2D eigenvalue weighted by Gasteiger charge is -2.15. The minimum atomic E-state index is -0.537. The molecule has 0 saturated heterocycles. The third kappa shape index (κ3) is 4.20. The van der Waals surface area contributed by atoms with Crippen LogP contribution in [-0.4, -0.2) is 16.7 Å². The Balaban J connectivity index is 1.74. The Morgan fingerprint density at radius 1 is 0.871 bits per heavy atom. The van der Waals surface area contributed by atoms with Gasteiger partial charge in [-0.25, -0.2) is 8.78 Å². The smallest absolute Gasteiger partial charge is 0.278 e. The SMILES string of the molecule is Cc1ccc(NC2=C(c3ccc(F)cc3)C(=O)N(Cc3ccc(F)cc3)C2=O)cc1Cl. The van der Waals surface area contributed by atoms with Crippen LogP contribution in [0.2, 0.25) is 5.02 Å². The summed E-state index contributed by atoms with van der Waals surface area (Å²) in [5, 5.41) is 3.51. The number of anilines is 1. The van der Waals surface area contributed by atoms with Crippen LogP contribution in [0, 0.1) is 18.6 Å². The van der Waals surface area contributed by atoms with Gasteiger partial charge in [-0.2, -0.15) is 0 Å². The molecule has 0 atom stereocenters. The lowest BCUT2D eigenvalue weighted by atomic mass is 10.0. The van der Waals surface area contributed by atoms with E-state index in [-0.39, 0.29) is 17.8 Å². The molecule has 0 aliphatic carbocycles. The largest absolute Gasteiger partial charge is 0.350 e. The molecule has 0 aromatic heterocycles. The lowest BCUT2D eigenvalue weighted by Crippen LogP contribution is -2.32. The standard InChI is InChI=1S/C24H17ClF2N2O2/c1-14-2-11-19(12-20(14)25)28-22-21(16-5-9-18(27)10-6-16)23(30)29(24(22)31)13-15-3-7-17(26)8-4-15/h2-12,28H,13H2,1H3. The van der Waals surface area contributed by atoms with Crippen molar-refractivity contribution in [1.29, 1.82) is 0 Å². The molecule has 156 valence electrons. The summed E-state index contributed by atoms with van der Waals surface area (Å²) in [6.45, 7) is 1.83. The van der Waals surface area contributed by atoms with E-state index in [4.69, 9.17) is 11.6 Å². The number of aryl methyl sites for hydroxylation is 1. The van der Waals surface area contributed by atoms with E-state index >= 15 is 0 Å². The highest BCUT2D eigenvalue weighted by molar-refractivity contribution is 6.36. The van der Waals surface area contributed by atoms with Crippen LogP contribution in [0.1, 0.15) is 16.7 Å². The molecule has 3 aromatic carbocycles. The number of hydrogen-bond acceptors (Lipinski definition) is 3. The average molecular weight is 439 g/mol. The normalized spacial score (nSPS) is 13.9. The number of nitrogens with zero attached hydrogens (tertiary/aromatic N) is 1. The highest BCUT2D eigenvalue weighted by atomic mass is 35.5. The van der Waals surface area contributed by atoms with Crippen LogP contribution in [0.5, 0.6) is 0 Å². The number of nitrogens with one attached hydrogen (secondary N) is 1. The van der Waals surface area contributed by atoms with Crippen molar-refractivity contribution in [1.82, 2.24) is 4.90 Å². The second-order valence-corrected chi connectivity index (χ2v) is 7.58. The number of halogens is 3. The molecule has 2 amide bonds. The van der Waals surface area contributed by atoms with Crippen LogP contribution in [0.4, 0.5) is 14.5 Å². The maximum absolute atomic E-state index is 13.4. The molecule has 0 unspecified atom stereocenters. The maximum atomic E-state index is 13.4. The minimum absolute atomic E-state index is 0.0253. The third-order valence-electron chi connectivity index (χ3n) is 5.00. The molecule has 3 aromatic rings. The Bertz CT molecular complexity index is 1210. The Morgan fingerprint density at radius 2 is 1.48 bits per heavy atom. The molecule has 0 radical (unpaired) electrons. The zero-order valence-electron chi connectivity index (χ0n) is 16.5. The summed E-state index contributed by atoms with van der Waals surface area (Å²) in [5.74, 6) is -1.93. The molecule has 0 bridgehead atoms. The fraction of sp³-hybridized carbons (Fsp3) is 0.0833. The summed E-state index contributed by atoms with van der Waals surface area (Å²) in [6.07, 6.45) is 0. The molecule has 1 aliphatic heterocycles. The first-order valence-corrected chi connectivity index (χ1v) is 9.85. The van der Waals surface area contributed by atoms with Crippen molar-refractivity contribution >= 4 is 34.7 Å². The molecule has 0 spiro atoms. The van der Waals surface area contributed by atoms with Crippen molar-refractivity contribution in [2.24, 2.45) is 0 Å². The summed E-state index contributed by atoms with van der Waals surface area (Å²) in [5.41, 5.74) is 2.60. The molecular formula is C24H17ClF2N2O2. The minimum Gasteiger partial charge on any atom is -0.350 e. The predicted molar refractivity (Wildman–Crippen MR) is 115 cm³/mol. The Morgan fingerprint density at radius 3 is 2.10 bits per heavy atom. The predicted octanol–water partition coefficient (Wildman–Crippen LogP) is 5.32. The van der Waals surface area contributed by atoms with Gasteiger partial charge in [0.2, 0.25) is 0 Å². The number of carbonyl (C=O) groups excluding carboxylic acids is 2. The van der Waals surface area contributed by atoms with Gasteiger partial charge in [0.05, 0.1) is 12.1 Å². The van der Waals surface area contributed by atoms with E-state index in [2.05, 4.69) is 5.32 Å². The number of amides is 2. The summed E-state index contributed by atoms with van der Waals surface area (Å²) in [6, 6.07) is 16.1. The van der Waals surface area contributed by atoms with Crippen LogP contribution in [0.3, 0.4) is 0 Å². The van der Waals surface area contributed by atoms with Crippen LogP contribution >= 0.6 is 11.6 Å². The van der Waals surface area contributed by atoms with Crippen molar-refractivity contribution in [3.63, 3.8) is 0 Å². The number of carbonyl (C=O) groups is 2. The molecule has 4 nitrogen and oxygen atoms in total. The van der Waals surface area contributed by atoms with E-state index in [9.17, 15) is 18.4 Å². The quantitative estimate of drug-likeness (QED) is 0.548. The van der Waals surface area contributed by atoms with Crippen LogP contribution in [-0.2, 0) is 16.1 Å². The van der Waals surface area contributed by atoms with Gasteiger partial charge in [0, 0.05) is 10.7 Å². The van der Waals surface area contributed by atoms with Gasteiger partial charge >= 0.3 is 0 Å². The van der Waals surface area contributed by atoms with Crippen LogP contribution in [0.25, 0.3) is 5.57 Å². The summed E-state index contributed by atoms with van der Waals surface area (Å²) >= 11 is 6.19.